The maximum absolute atomic E-state index is 13.6. The molecule has 0 radical (unpaired) electrons. The van der Waals surface area contributed by atoms with Gasteiger partial charge in [-0.15, -0.1) is 5.10 Å². The lowest BCUT2D eigenvalue weighted by molar-refractivity contribution is 0.245. The lowest BCUT2D eigenvalue weighted by Crippen LogP contribution is -2.23. The van der Waals surface area contributed by atoms with Gasteiger partial charge in [-0.05, 0) is 55.6 Å². The number of hydrogen-bond acceptors (Lipinski definition) is 3. The first-order chi connectivity index (χ1) is 14.2. The summed E-state index contributed by atoms with van der Waals surface area (Å²) in [6.45, 7) is 4.10. The number of aryl methyl sites for hydroxylation is 1. The summed E-state index contributed by atoms with van der Waals surface area (Å²) in [7, 11) is 0. The normalized spacial score (nSPS) is 17.2. The smallest absolute Gasteiger partial charge is 0.123 e. The zero-order chi connectivity index (χ0) is 19.8. The standard InChI is InChI=1S/C24H23FN4/c1-17-7-9-18(10-8-17)15-28-13-3-6-22(28)24-23-12-11-20(16-29(23)27-26-24)19-4-2-5-21(25)14-19/h2,4-5,7-12,14,16,22H,3,6,13,15H2,1H3. The highest BCUT2D eigenvalue weighted by Crippen LogP contribution is 2.34. The highest BCUT2D eigenvalue weighted by Gasteiger charge is 2.29. The molecule has 2 aromatic carbocycles. The van der Waals surface area contributed by atoms with Gasteiger partial charge >= 0.3 is 0 Å². The number of nitrogens with zero attached hydrogens (tertiary/aromatic N) is 4. The molecule has 3 heterocycles. The Kier molecular flexibility index (Phi) is 4.60. The third kappa shape index (κ3) is 3.54. The molecule has 29 heavy (non-hydrogen) atoms. The number of likely N-dealkylation sites (tertiary alicyclic amines) is 1. The van der Waals surface area contributed by atoms with E-state index in [-0.39, 0.29) is 11.9 Å². The van der Waals surface area contributed by atoms with Crippen LogP contribution in [0.5, 0.6) is 0 Å². The second kappa shape index (κ2) is 7.41. The summed E-state index contributed by atoms with van der Waals surface area (Å²) in [6, 6.07) is 19.7. The SMILES string of the molecule is Cc1ccc(CN2CCCC2c2nnn3cc(-c4cccc(F)c4)ccc23)cc1. The van der Waals surface area contributed by atoms with E-state index in [1.54, 1.807) is 12.1 Å². The van der Waals surface area contributed by atoms with E-state index in [4.69, 9.17) is 0 Å². The second-order valence-electron chi connectivity index (χ2n) is 7.85. The van der Waals surface area contributed by atoms with Crippen molar-refractivity contribution in [3.63, 3.8) is 0 Å². The van der Waals surface area contributed by atoms with Gasteiger partial charge in [0.25, 0.3) is 0 Å². The minimum Gasteiger partial charge on any atom is -0.290 e. The molecule has 0 N–H and O–H groups in total. The maximum atomic E-state index is 13.6. The van der Waals surface area contributed by atoms with Crippen LogP contribution in [0, 0.1) is 12.7 Å². The predicted molar refractivity (Wildman–Crippen MR) is 112 cm³/mol. The molecule has 1 unspecified atom stereocenters. The molecule has 1 saturated heterocycles. The molecule has 1 aliphatic rings. The van der Waals surface area contributed by atoms with Gasteiger partial charge in [-0.25, -0.2) is 8.91 Å². The number of aromatic nitrogens is 3. The van der Waals surface area contributed by atoms with Gasteiger partial charge in [-0.2, -0.15) is 0 Å². The largest absolute Gasteiger partial charge is 0.290 e. The van der Waals surface area contributed by atoms with E-state index < -0.39 is 0 Å². The molecule has 1 atom stereocenters. The third-order valence-corrected chi connectivity index (χ3v) is 5.78. The summed E-state index contributed by atoms with van der Waals surface area (Å²) in [5.41, 5.74) is 6.42. The van der Waals surface area contributed by atoms with Crippen LogP contribution in [-0.4, -0.2) is 26.3 Å². The van der Waals surface area contributed by atoms with Gasteiger partial charge < -0.3 is 0 Å². The molecule has 0 amide bonds. The van der Waals surface area contributed by atoms with Crippen LogP contribution >= 0.6 is 0 Å². The van der Waals surface area contributed by atoms with Crippen molar-refractivity contribution in [2.45, 2.75) is 32.4 Å². The summed E-state index contributed by atoms with van der Waals surface area (Å²) in [5, 5.41) is 8.90. The molecular weight excluding hydrogens is 363 g/mol. The molecule has 146 valence electrons. The van der Waals surface area contributed by atoms with Crippen molar-refractivity contribution in [1.82, 2.24) is 19.7 Å². The van der Waals surface area contributed by atoms with Gasteiger partial charge in [0.1, 0.15) is 11.5 Å². The molecule has 0 aliphatic carbocycles. The first kappa shape index (κ1) is 18.0. The molecule has 0 bridgehead atoms. The lowest BCUT2D eigenvalue weighted by Gasteiger charge is -2.23. The summed E-state index contributed by atoms with van der Waals surface area (Å²) in [6.07, 6.45) is 4.18. The number of halogens is 1. The molecule has 5 rings (SSSR count). The summed E-state index contributed by atoms with van der Waals surface area (Å²) < 4.78 is 15.4. The fourth-order valence-electron chi connectivity index (χ4n) is 4.24. The first-order valence-corrected chi connectivity index (χ1v) is 10.1. The van der Waals surface area contributed by atoms with Crippen LogP contribution in [0.2, 0.25) is 0 Å². The van der Waals surface area contributed by atoms with Crippen LogP contribution in [0.1, 0.15) is 35.7 Å². The Balaban J connectivity index is 1.44. The van der Waals surface area contributed by atoms with E-state index >= 15 is 0 Å². The number of fused-ring (bicyclic) bond motifs is 1. The van der Waals surface area contributed by atoms with Crippen molar-refractivity contribution in [2.75, 3.05) is 6.54 Å². The minimum atomic E-state index is -0.237. The monoisotopic (exact) mass is 386 g/mol. The Labute approximate surface area is 169 Å². The average Bonchev–Trinajstić information content (AvgIpc) is 3.35. The van der Waals surface area contributed by atoms with Crippen molar-refractivity contribution in [3.05, 3.63) is 89.5 Å². The molecule has 0 saturated carbocycles. The first-order valence-electron chi connectivity index (χ1n) is 10.1. The van der Waals surface area contributed by atoms with Gasteiger partial charge in [-0.1, -0.05) is 53.2 Å². The lowest BCUT2D eigenvalue weighted by atomic mass is 10.1. The predicted octanol–water partition coefficient (Wildman–Crippen LogP) is 5.18. The van der Waals surface area contributed by atoms with Crippen molar-refractivity contribution in [2.24, 2.45) is 0 Å². The van der Waals surface area contributed by atoms with Gasteiger partial charge in [0.15, 0.2) is 0 Å². The molecule has 4 nitrogen and oxygen atoms in total. The number of rotatable bonds is 4. The molecule has 0 spiro atoms. The summed E-state index contributed by atoms with van der Waals surface area (Å²) in [4.78, 5) is 2.50. The van der Waals surface area contributed by atoms with Gasteiger partial charge in [0.2, 0.25) is 0 Å². The number of benzene rings is 2. The maximum Gasteiger partial charge on any atom is 0.123 e. The van der Waals surface area contributed by atoms with E-state index in [1.165, 1.54) is 17.2 Å². The topological polar surface area (TPSA) is 33.4 Å². The number of pyridine rings is 1. The molecule has 2 aromatic heterocycles. The average molecular weight is 386 g/mol. The zero-order valence-corrected chi connectivity index (χ0v) is 16.4. The Morgan fingerprint density at radius 2 is 1.90 bits per heavy atom. The molecule has 1 fully saturated rings. The third-order valence-electron chi connectivity index (χ3n) is 5.78. The zero-order valence-electron chi connectivity index (χ0n) is 16.4. The number of hydrogen-bond donors (Lipinski definition) is 0. The van der Waals surface area contributed by atoms with Gasteiger partial charge in [0.05, 0.1) is 11.6 Å². The van der Waals surface area contributed by atoms with Crippen LogP contribution < -0.4 is 0 Å². The van der Waals surface area contributed by atoms with E-state index in [2.05, 4.69) is 52.5 Å². The van der Waals surface area contributed by atoms with Crippen molar-refractivity contribution in [3.8, 4) is 11.1 Å². The van der Waals surface area contributed by atoms with E-state index in [1.807, 2.05) is 22.8 Å². The van der Waals surface area contributed by atoms with Crippen LogP contribution in [0.4, 0.5) is 4.39 Å². The van der Waals surface area contributed by atoms with E-state index in [9.17, 15) is 4.39 Å². The second-order valence-corrected chi connectivity index (χ2v) is 7.85. The summed E-state index contributed by atoms with van der Waals surface area (Å²) >= 11 is 0. The molecule has 1 aliphatic heterocycles. The van der Waals surface area contributed by atoms with Crippen LogP contribution in [0.15, 0.2) is 66.9 Å². The fraction of sp³-hybridized carbons (Fsp3) is 0.250. The molecular formula is C24H23FN4. The van der Waals surface area contributed by atoms with Crippen molar-refractivity contribution < 1.29 is 4.39 Å². The highest BCUT2D eigenvalue weighted by atomic mass is 19.1. The highest BCUT2D eigenvalue weighted by molar-refractivity contribution is 5.66. The fourth-order valence-corrected chi connectivity index (χ4v) is 4.24. The molecule has 5 heteroatoms. The molecule has 4 aromatic rings. The van der Waals surface area contributed by atoms with Gasteiger partial charge in [0, 0.05) is 18.3 Å². The van der Waals surface area contributed by atoms with Crippen molar-refractivity contribution >= 4 is 5.52 Å². The van der Waals surface area contributed by atoms with Crippen LogP contribution in [0.3, 0.4) is 0 Å². The quantitative estimate of drug-likeness (QED) is 0.484. The Morgan fingerprint density at radius 1 is 1.03 bits per heavy atom. The van der Waals surface area contributed by atoms with Crippen LogP contribution in [-0.2, 0) is 6.54 Å². The van der Waals surface area contributed by atoms with Crippen molar-refractivity contribution in [1.29, 1.82) is 0 Å². The van der Waals surface area contributed by atoms with Crippen LogP contribution in [0.25, 0.3) is 16.6 Å². The Bertz CT molecular complexity index is 1150. The van der Waals surface area contributed by atoms with Gasteiger partial charge in [-0.3, -0.25) is 4.90 Å². The minimum absolute atomic E-state index is 0.237. The summed E-state index contributed by atoms with van der Waals surface area (Å²) in [5.74, 6) is -0.237. The van der Waals surface area contributed by atoms with E-state index in [0.29, 0.717) is 0 Å². The van der Waals surface area contributed by atoms with E-state index in [0.717, 1.165) is 48.3 Å². The Morgan fingerprint density at radius 3 is 2.72 bits per heavy atom. The Hall–Kier alpha value is -3.05.